The molecule has 2 N–H and O–H groups in total. The van der Waals surface area contributed by atoms with Crippen molar-refractivity contribution < 1.29 is 0 Å². The van der Waals surface area contributed by atoms with Gasteiger partial charge in [-0.3, -0.25) is 4.99 Å². The van der Waals surface area contributed by atoms with Crippen LogP contribution in [0, 0.1) is 0 Å². The van der Waals surface area contributed by atoms with Crippen LogP contribution in [-0.4, -0.2) is 53.5 Å². The smallest absolute Gasteiger partial charge is 0.192 e. The van der Waals surface area contributed by atoms with Gasteiger partial charge in [0.1, 0.15) is 0 Å². The molecule has 1 unspecified atom stereocenters. The van der Waals surface area contributed by atoms with E-state index in [0.29, 0.717) is 5.96 Å². The highest BCUT2D eigenvalue weighted by Gasteiger charge is 2.28. The predicted octanol–water partition coefficient (Wildman–Crippen LogP) is 1.16. The molecule has 1 atom stereocenters. The fourth-order valence-corrected chi connectivity index (χ4v) is 2.83. The first kappa shape index (κ1) is 13.3. The molecule has 1 aromatic heterocycles. The first-order valence-electron chi connectivity index (χ1n) is 6.43. The lowest BCUT2D eigenvalue weighted by atomic mass is 10.2. The van der Waals surface area contributed by atoms with Crippen molar-refractivity contribution in [3.63, 3.8) is 0 Å². The van der Waals surface area contributed by atoms with Gasteiger partial charge in [-0.15, -0.1) is 11.3 Å². The first-order valence-corrected chi connectivity index (χ1v) is 7.37. The summed E-state index contributed by atoms with van der Waals surface area (Å²) < 4.78 is 0. The third kappa shape index (κ3) is 2.81. The van der Waals surface area contributed by atoms with Crippen LogP contribution < -0.4 is 5.73 Å². The molecule has 1 aromatic rings. The number of likely N-dealkylation sites (N-methyl/N-ethyl adjacent to an activating group) is 1. The second-order valence-corrected chi connectivity index (χ2v) is 5.07. The maximum Gasteiger partial charge on any atom is 0.192 e. The van der Waals surface area contributed by atoms with E-state index in [1.54, 1.807) is 11.3 Å². The Balaban J connectivity index is 1.97. The summed E-state index contributed by atoms with van der Waals surface area (Å²) in [5.74, 6) is 0.653. The van der Waals surface area contributed by atoms with E-state index in [-0.39, 0.29) is 6.04 Å². The molecule has 0 saturated heterocycles. The van der Waals surface area contributed by atoms with Gasteiger partial charge in [0.2, 0.25) is 0 Å². The van der Waals surface area contributed by atoms with Crippen molar-refractivity contribution in [1.29, 1.82) is 0 Å². The largest absolute Gasteiger partial charge is 0.370 e. The van der Waals surface area contributed by atoms with Gasteiger partial charge in [-0.1, -0.05) is 13.8 Å². The van der Waals surface area contributed by atoms with Gasteiger partial charge < -0.3 is 15.5 Å². The molecule has 6 heteroatoms. The first-order chi connectivity index (χ1) is 8.76. The molecule has 1 aliphatic rings. The van der Waals surface area contributed by atoms with E-state index in [1.165, 1.54) is 0 Å². The van der Waals surface area contributed by atoms with Gasteiger partial charge in [0.25, 0.3) is 0 Å². The topological polar surface area (TPSA) is 57.8 Å². The van der Waals surface area contributed by atoms with Gasteiger partial charge in [0.15, 0.2) is 5.96 Å². The lowest BCUT2D eigenvalue weighted by Crippen LogP contribution is -2.41. The number of aliphatic imine (C=N–C) groups is 1. The van der Waals surface area contributed by atoms with Crippen LogP contribution in [0.4, 0.5) is 0 Å². The number of rotatable bonds is 6. The van der Waals surface area contributed by atoms with Crippen LogP contribution in [0.3, 0.4) is 0 Å². The van der Waals surface area contributed by atoms with E-state index >= 15 is 0 Å². The van der Waals surface area contributed by atoms with Crippen molar-refractivity contribution >= 4 is 17.3 Å². The molecule has 5 nitrogen and oxygen atoms in total. The SMILES string of the molecule is CCN(CC)CCN1C(N)=NCC1c1cscn1. The van der Waals surface area contributed by atoms with Crippen molar-refractivity contribution in [3.05, 3.63) is 16.6 Å². The molecule has 0 amide bonds. The number of guanidine groups is 1. The molecule has 100 valence electrons. The number of hydrogen-bond acceptors (Lipinski definition) is 6. The lowest BCUT2D eigenvalue weighted by molar-refractivity contribution is 0.247. The molecule has 0 saturated carbocycles. The minimum Gasteiger partial charge on any atom is -0.370 e. The average Bonchev–Trinajstić information content (AvgIpc) is 3.00. The van der Waals surface area contributed by atoms with Crippen LogP contribution in [-0.2, 0) is 0 Å². The molecule has 18 heavy (non-hydrogen) atoms. The summed E-state index contributed by atoms with van der Waals surface area (Å²) >= 11 is 1.62. The highest BCUT2D eigenvalue weighted by atomic mass is 32.1. The highest BCUT2D eigenvalue weighted by molar-refractivity contribution is 7.07. The van der Waals surface area contributed by atoms with Crippen LogP contribution in [0.1, 0.15) is 25.6 Å². The van der Waals surface area contributed by atoms with Crippen LogP contribution in [0.5, 0.6) is 0 Å². The van der Waals surface area contributed by atoms with Crippen LogP contribution in [0.2, 0.25) is 0 Å². The number of hydrogen-bond donors (Lipinski definition) is 1. The van der Waals surface area contributed by atoms with Crippen LogP contribution in [0.15, 0.2) is 15.9 Å². The molecular weight excluding hydrogens is 246 g/mol. The normalized spacial score (nSPS) is 19.6. The van der Waals surface area contributed by atoms with Crippen LogP contribution >= 0.6 is 11.3 Å². The summed E-state index contributed by atoms with van der Waals surface area (Å²) in [5, 5.41) is 2.09. The Labute approximate surface area is 112 Å². The molecule has 0 bridgehead atoms. The number of nitrogens with two attached hydrogens (primary N) is 1. The minimum absolute atomic E-state index is 0.229. The molecular formula is C12H21N5S. The fourth-order valence-electron chi connectivity index (χ4n) is 2.23. The molecule has 0 fully saturated rings. The van der Waals surface area contributed by atoms with E-state index in [9.17, 15) is 0 Å². The van der Waals surface area contributed by atoms with Gasteiger partial charge in [-0.25, -0.2) is 4.98 Å². The Morgan fingerprint density at radius 1 is 1.50 bits per heavy atom. The second kappa shape index (κ2) is 6.15. The molecule has 0 aliphatic carbocycles. The minimum atomic E-state index is 0.229. The molecule has 0 spiro atoms. The van der Waals surface area contributed by atoms with Gasteiger partial charge >= 0.3 is 0 Å². The molecule has 2 rings (SSSR count). The zero-order valence-electron chi connectivity index (χ0n) is 11.0. The summed E-state index contributed by atoms with van der Waals surface area (Å²) in [6, 6.07) is 0.229. The summed E-state index contributed by atoms with van der Waals surface area (Å²) in [5.41, 5.74) is 8.93. The predicted molar refractivity (Wildman–Crippen MR) is 75.8 cm³/mol. The molecule has 0 aromatic carbocycles. The number of aromatic nitrogens is 1. The van der Waals surface area contributed by atoms with E-state index in [2.05, 4.69) is 39.0 Å². The third-order valence-corrected chi connectivity index (χ3v) is 4.05. The van der Waals surface area contributed by atoms with Crippen molar-refractivity contribution in [1.82, 2.24) is 14.8 Å². The average molecular weight is 267 g/mol. The van der Waals surface area contributed by atoms with E-state index in [4.69, 9.17) is 5.73 Å². The van der Waals surface area contributed by atoms with Crippen LogP contribution in [0.25, 0.3) is 0 Å². The zero-order valence-corrected chi connectivity index (χ0v) is 11.9. The second-order valence-electron chi connectivity index (χ2n) is 4.35. The number of thiazole rings is 1. The van der Waals surface area contributed by atoms with Crippen molar-refractivity contribution in [2.45, 2.75) is 19.9 Å². The molecule has 2 heterocycles. The summed E-state index contributed by atoms with van der Waals surface area (Å²) in [6.45, 7) is 9.17. The summed E-state index contributed by atoms with van der Waals surface area (Å²) in [6.07, 6.45) is 0. The maximum atomic E-state index is 5.98. The maximum absolute atomic E-state index is 5.98. The Morgan fingerprint density at radius 2 is 2.28 bits per heavy atom. The van der Waals surface area contributed by atoms with Gasteiger partial charge in [0.05, 0.1) is 23.8 Å². The molecule has 0 radical (unpaired) electrons. The standard InChI is InChI=1S/C12H21N5S/c1-3-16(4-2)5-6-17-11(7-14-12(17)13)10-8-18-9-15-10/h8-9,11H,3-7H2,1-2H3,(H2,13,14). The van der Waals surface area contributed by atoms with Crippen molar-refractivity contribution in [3.8, 4) is 0 Å². The Bertz CT molecular complexity index is 385. The van der Waals surface area contributed by atoms with Gasteiger partial charge in [-0.2, -0.15) is 0 Å². The quantitative estimate of drug-likeness (QED) is 0.840. The van der Waals surface area contributed by atoms with E-state index in [0.717, 1.165) is 38.4 Å². The Morgan fingerprint density at radius 3 is 2.89 bits per heavy atom. The van der Waals surface area contributed by atoms with Gasteiger partial charge in [-0.05, 0) is 13.1 Å². The summed E-state index contributed by atoms with van der Waals surface area (Å²) in [4.78, 5) is 13.3. The zero-order chi connectivity index (χ0) is 13.0. The lowest BCUT2D eigenvalue weighted by Gasteiger charge is -2.28. The Kier molecular flexibility index (Phi) is 4.54. The van der Waals surface area contributed by atoms with Gasteiger partial charge in [0, 0.05) is 18.5 Å². The fraction of sp³-hybridized carbons (Fsp3) is 0.667. The highest BCUT2D eigenvalue weighted by Crippen LogP contribution is 2.24. The van der Waals surface area contributed by atoms with E-state index in [1.807, 2.05) is 5.51 Å². The third-order valence-electron chi connectivity index (χ3n) is 3.44. The van der Waals surface area contributed by atoms with E-state index < -0.39 is 0 Å². The monoisotopic (exact) mass is 267 g/mol. The molecule has 1 aliphatic heterocycles. The van der Waals surface area contributed by atoms with Crippen molar-refractivity contribution in [2.24, 2.45) is 10.7 Å². The summed E-state index contributed by atoms with van der Waals surface area (Å²) in [7, 11) is 0. The Hall–Kier alpha value is -1.14. The van der Waals surface area contributed by atoms with Crippen molar-refractivity contribution in [2.75, 3.05) is 32.7 Å². The number of nitrogens with zero attached hydrogens (tertiary/aromatic N) is 4.